The SMILES string of the molecule is Nc1nonc1-n1nnc(C(=O)O)c1-c1ccccc1. The molecular formula is C11H8N6O3. The molecule has 9 nitrogen and oxygen atoms in total. The number of carbonyl (C=O) groups is 1. The highest BCUT2D eigenvalue weighted by Gasteiger charge is 2.24. The van der Waals surface area contributed by atoms with E-state index in [-0.39, 0.29) is 23.0 Å². The summed E-state index contributed by atoms with van der Waals surface area (Å²) in [6.45, 7) is 0. The Morgan fingerprint density at radius 3 is 2.60 bits per heavy atom. The summed E-state index contributed by atoms with van der Waals surface area (Å²) in [4.78, 5) is 11.3. The summed E-state index contributed by atoms with van der Waals surface area (Å²) >= 11 is 0. The van der Waals surface area contributed by atoms with E-state index in [4.69, 9.17) is 5.73 Å². The van der Waals surface area contributed by atoms with E-state index < -0.39 is 5.97 Å². The summed E-state index contributed by atoms with van der Waals surface area (Å²) in [5.74, 6) is -1.13. The molecule has 20 heavy (non-hydrogen) atoms. The van der Waals surface area contributed by atoms with E-state index in [1.165, 1.54) is 4.68 Å². The number of nitrogen functional groups attached to an aromatic ring is 1. The van der Waals surface area contributed by atoms with Crippen LogP contribution in [0.3, 0.4) is 0 Å². The van der Waals surface area contributed by atoms with Crippen LogP contribution in [0.2, 0.25) is 0 Å². The second-order valence-electron chi connectivity index (χ2n) is 3.84. The lowest BCUT2D eigenvalue weighted by atomic mass is 10.1. The molecule has 0 aliphatic heterocycles. The molecule has 100 valence electrons. The van der Waals surface area contributed by atoms with Crippen molar-refractivity contribution in [2.45, 2.75) is 0 Å². The Balaban J connectivity index is 2.27. The van der Waals surface area contributed by atoms with Crippen LogP contribution in [0.5, 0.6) is 0 Å². The molecule has 3 N–H and O–H groups in total. The van der Waals surface area contributed by atoms with Gasteiger partial charge in [0.15, 0.2) is 5.69 Å². The number of rotatable bonds is 3. The third-order valence-corrected chi connectivity index (χ3v) is 2.62. The summed E-state index contributed by atoms with van der Waals surface area (Å²) in [7, 11) is 0. The van der Waals surface area contributed by atoms with Crippen LogP contribution >= 0.6 is 0 Å². The van der Waals surface area contributed by atoms with Gasteiger partial charge in [-0.3, -0.25) is 0 Å². The average molecular weight is 272 g/mol. The van der Waals surface area contributed by atoms with Crippen molar-refractivity contribution in [3.8, 4) is 17.1 Å². The first kappa shape index (κ1) is 11.8. The van der Waals surface area contributed by atoms with Gasteiger partial charge >= 0.3 is 5.97 Å². The van der Waals surface area contributed by atoms with Gasteiger partial charge in [0, 0.05) is 5.56 Å². The maximum Gasteiger partial charge on any atom is 0.358 e. The minimum absolute atomic E-state index is 0.0102. The van der Waals surface area contributed by atoms with E-state index >= 15 is 0 Å². The van der Waals surface area contributed by atoms with Gasteiger partial charge in [0.1, 0.15) is 5.69 Å². The second kappa shape index (κ2) is 4.46. The number of nitrogens with zero attached hydrogens (tertiary/aromatic N) is 5. The Bertz CT molecular complexity index is 764. The Kier molecular flexibility index (Phi) is 2.64. The Morgan fingerprint density at radius 2 is 2.00 bits per heavy atom. The van der Waals surface area contributed by atoms with Gasteiger partial charge in [-0.1, -0.05) is 35.5 Å². The van der Waals surface area contributed by atoms with E-state index in [0.29, 0.717) is 5.56 Å². The number of nitrogens with two attached hydrogens (primary N) is 1. The Labute approximate surface area is 111 Å². The van der Waals surface area contributed by atoms with Crippen LogP contribution in [0.1, 0.15) is 10.5 Å². The maximum absolute atomic E-state index is 11.3. The molecule has 0 fully saturated rings. The van der Waals surface area contributed by atoms with E-state index in [1.807, 2.05) is 6.07 Å². The van der Waals surface area contributed by atoms with Gasteiger partial charge in [0.25, 0.3) is 0 Å². The highest BCUT2D eigenvalue weighted by Crippen LogP contribution is 2.25. The van der Waals surface area contributed by atoms with Gasteiger partial charge in [0.2, 0.25) is 11.6 Å². The molecule has 0 aliphatic rings. The van der Waals surface area contributed by atoms with Gasteiger partial charge in [-0.25, -0.2) is 9.42 Å². The smallest absolute Gasteiger partial charge is 0.358 e. The van der Waals surface area contributed by atoms with Crippen LogP contribution in [-0.2, 0) is 0 Å². The third-order valence-electron chi connectivity index (χ3n) is 2.62. The highest BCUT2D eigenvalue weighted by molar-refractivity contribution is 5.93. The topological polar surface area (TPSA) is 133 Å². The van der Waals surface area contributed by atoms with Crippen LogP contribution in [0.4, 0.5) is 5.82 Å². The number of hydrogen-bond acceptors (Lipinski definition) is 7. The molecule has 0 atom stereocenters. The van der Waals surface area contributed by atoms with Gasteiger partial charge in [-0.05, 0) is 10.3 Å². The fourth-order valence-corrected chi connectivity index (χ4v) is 1.77. The quantitative estimate of drug-likeness (QED) is 0.707. The van der Waals surface area contributed by atoms with Crippen LogP contribution in [-0.4, -0.2) is 36.4 Å². The molecule has 9 heteroatoms. The van der Waals surface area contributed by atoms with Crippen LogP contribution < -0.4 is 5.73 Å². The van der Waals surface area contributed by atoms with Crippen LogP contribution in [0.15, 0.2) is 35.0 Å². The van der Waals surface area contributed by atoms with Crippen molar-refractivity contribution in [2.24, 2.45) is 0 Å². The summed E-state index contributed by atoms with van der Waals surface area (Å²) < 4.78 is 5.68. The maximum atomic E-state index is 11.3. The lowest BCUT2D eigenvalue weighted by molar-refractivity contribution is 0.0691. The van der Waals surface area contributed by atoms with Gasteiger partial charge < -0.3 is 10.8 Å². The molecule has 0 bridgehead atoms. The predicted molar refractivity (Wildman–Crippen MR) is 66.0 cm³/mol. The number of aromatic nitrogens is 5. The molecule has 2 heterocycles. The van der Waals surface area contributed by atoms with Gasteiger partial charge in [-0.15, -0.1) is 5.10 Å². The number of benzene rings is 1. The summed E-state index contributed by atoms with van der Waals surface area (Å²) in [5.41, 5.74) is 6.25. The second-order valence-corrected chi connectivity index (χ2v) is 3.84. The predicted octanol–water partition coefficient (Wildman–Crippen LogP) is 0.598. The lowest BCUT2D eigenvalue weighted by Gasteiger charge is -2.03. The molecule has 0 amide bonds. The molecule has 0 saturated carbocycles. The van der Waals surface area contributed by atoms with Crippen molar-refractivity contribution in [1.29, 1.82) is 0 Å². The molecule has 2 aromatic heterocycles. The molecule has 3 aromatic rings. The molecule has 0 radical (unpaired) electrons. The number of anilines is 1. The standard InChI is InChI=1S/C11H8N6O3/c12-9-10(15-20-14-9)17-8(6-4-2-1-3-5-6)7(11(18)19)13-16-17/h1-5H,(H2,12,14)(H,18,19). The molecule has 0 aliphatic carbocycles. The highest BCUT2D eigenvalue weighted by atomic mass is 16.6. The summed E-state index contributed by atoms with van der Waals surface area (Å²) in [6, 6.07) is 8.80. The zero-order chi connectivity index (χ0) is 14.1. The fourth-order valence-electron chi connectivity index (χ4n) is 1.77. The first-order valence-corrected chi connectivity index (χ1v) is 5.51. The van der Waals surface area contributed by atoms with E-state index in [1.54, 1.807) is 24.3 Å². The van der Waals surface area contributed by atoms with Crippen molar-refractivity contribution in [3.05, 3.63) is 36.0 Å². The molecule has 1 aromatic carbocycles. The zero-order valence-corrected chi connectivity index (χ0v) is 9.96. The van der Waals surface area contributed by atoms with Crippen LogP contribution in [0.25, 0.3) is 17.1 Å². The first-order chi connectivity index (χ1) is 9.68. The molecular weight excluding hydrogens is 264 g/mol. The molecule has 3 rings (SSSR count). The molecule has 0 spiro atoms. The zero-order valence-electron chi connectivity index (χ0n) is 9.96. The van der Waals surface area contributed by atoms with E-state index in [0.717, 1.165) is 0 Å². The van der Waals surface area contributed by atoms with Crippen LogP contribution in [0, 0.1) is 0 Å². The van der Waals surface area contributed by atoms with E-state index in [2.05, 4.69) is 25.3 Å². The van der Waals surface area contributed by atoms with Gasteiger partial charge in [-0.2, -0.15) is 4.68 Å². The summed E-state index contributed by atoms with van der Waals surface area (Å²) in [6.07, 6.45) is 0. The number of aromatic carboxylic acids is 1. The number of carboxylic acid groups (broad SMARTS) is 1. The average Bonchev–Trinajstić information content (AvgIpc) is 3.05. The first-order valence-electron chi connectivity index (χ1n) is 5.51. The van der Waals surface area contributed by atoms with Crippen molar-refractivity contribution in [2.75, 3.05) is 5.73 Å². The largest absolute Gasteiger partial charge is 0.476 e. The monoisotopic (exact) mass is 272 g/mol. The Hall–Kier alpha value is -3.23. The van der Waals surface area contributed by atoms with Crippen molar-refractivity contribution in [3.63, 3.8) is 0 Å². The minimum atomic E-state index is -1.20. The molecule has 0 unspecified atom stereocenters. The molecule has 0 saturated heterocycles. The van der Waals surface area contributed by atoms with Gasteiger partial charge in [0.05, 0.1) is 0 Å². The van der Waals surface area contributed by atoms with Crippen molar-refractivity contribution < 1.29 is 14.5 Å². The fraction of sp³-hybridized carbons (Fsp3) is 0. The Morgan fingerprint density at radius 1 is 1.25 bits per heavy atom. The van der Waals surface area contributed by atoms with Crippen molar-refractivity contribution in [1.82, 2.24) is 25.3 Å². The summed E-state index contributed by atoms with van der Waals surface area (Å²) in [5, 5.41) is 23.6. The van der Waals surface area contributed by atoms with E-state index in [9.17, 15) is 9.90 Å². The van der Waals surface area contributed by atoms with Crippen molar-refractivity contribution >= 4 is 11.8 Å². The normalized spacial score (nSPS) is 10.6. The number of hydrogen-bond donors (Lipinski definition) is 2. The third kappa shape index (κ3) is 1.77. The minimum Gasteiger partial charge on any atom is -0.476 e. The number of carboxylic acids is 1. The lowest BCUT2D eigenvalue weighted by Crippen LogP contribution is -2.05.